The Bertz CT molecular complexity index is 537. The maximum absolute atomic E-state index is 12.3. The fourth-order valence-electron chi connectivity index (χ4n) is 1.76. The first kappa shape index (κ1) is 13.9. The molecule has 6 heteroatoms. The van der Waals surface area contributed by atoms with Gasteiger partial charge in [0.15, 0.2) is 6.61 Å². The molecule has 0 saturated heterocycles. The second-order valence-electron chi connectivity index (χ2n) is 3.91. The number of hydrogen-bond acceptors (Lipinski definition) is 3. The molecule has 0 unspecified atom stereocenters. The molecule has 2 N–H and O–H groups in total. The van der Waals surface area contributed by atoms with E-state index in [1.54, 1.807) is 12.1 Å². The molecule has 0 atom stereocenters. The molecule has 102 valence electrons. The summed E-state index contributed by atoms with van der Waals surface area (Å²) in [6.45, 7) is -1.06. The largest absolute Gasteiger partial charge is 0.483 e. The summed E-state index contributed by atoms with van der Waals surface area (Å²) >= 11 is 1.47. The molecular formula is C13H12F3NOS. The fourth-order valence-corrected chi connectivity index (χ4v) is 2.41. The van der Waals surface area contributed by atoms with Crippen LogP contribution in [0.1, 0.15) is 5.56 Å². The van der Waals surface area contributed by atoms with E-state index in [0.717, 1.165) is 11.1 Å². The number of ether oxygens (including phenoxy) is 1. The molecule has 0 saturated carbocycles. The topological polar surface area (TPSA) is 35.2 Å². The van der Waals surface area contributed by atoms with Crippen molar-refractivity contribution >= 4 is 11.3 Å². The Morgan fingerprint density at radius 2 is 2.00 bits per heavy atom. The summed E-state index contributed by atoms with van der Waals surface area (Å²) in [6.07, 6.45) is -4.36. The van der Waals surface area contributed by atoms with Gasteiger partial charge in [0.2, 0.25) is 0 Å². The van der Waals surface area contributed by atoms with Gasteiger partial charge in [0.1, 0.15) is 5.75 Å². The van der Waals surface area contributed by atoms with Gasteiger partial charge >= 0.3 is 6.18 Å². The van der Waals surface area contributed by atoms with Gasteiger partial charge in [-0.25, -0.2) is 0 Å². The lowest BCUT2D eigenvalue weighted by Gasteiger charge is -2.15. The first-order valence-corrected chi connectivity index (χ1v) is 6.49. The standard InChI is InChI=1S/C13H12F3NOS/c14-13(15,16)8-18-11-3-1-2-9(6-17)12(11)10-4-5-19-7-10/h1-5,7H,6,8,17H2. The number of hydrogen-bond donors (Lipinski definition) is 1. The fraction of sp³-hybridized carbons (Fsp3) is 0.231. The van der Waals surface area contributed by atoms with Gasteiger partial charge in [-0.1, -0.05) is 12.1 Å². The maximum Gasteiger partial charge on any atom is 0.422 e. The summed E-state index contributed by atoms with van der Waals surface area (Å²) in [7, 11) is 0. The van der Waals surface area contributed by atoms with E-state index in [2.05, 4.69) is 0 Å². The van der Waals surface area contributed by atoms with Crippen LogP contribution < -0.4 is 10.5 Å². The van der Waals surface area contributed by atoms with Crippen LogP contribution in [0.15, 0.2) is 35.0 Å². The van der Waals surface area contributed by atoms with Crippen LogP contribution in [0.5, 0.6) is 5.75 Å². The van der Waals surface area contributed by atoms with Crippen LogP contribution in [0.2, 0.25) is 0 Å². The second kappa shape index (κ2) is 5.63. The zero-order chi connectivity index (χ0) is 13.9. The quantitative estimate of drug-likeness (QED) is 0.928. The van der Waals surface area contributed by atoms with Gasteiger partial charge in [-0.2, -0.15) is 24.5 Å². The van der Waals surface area contributed by atoms with E-state index in [1.165, 1.54) is 17.4 Å². The lowest BCUT2D eigenvalue weighted by atomic mass is 10.0. The van der Waals surface area contributed by atoms with Crippen LogP contribution in [-0.2, 0) is 6.54 Å². The first-order chi connectivity index (χ1) is 9.01. The Labute approximate surface area is 112 Å². The Kier molecular flexibility index (Phi) is 4.11. The van der Waals surface area contributed by atoms with E-state index in [9.17, 15) is 13.2 Å². The van der Waals surface area contributed by atoms with Crippen molar-refractivity contribution in [2.45, 2.75) is 12.7 Å². The van der Waals surface area contributed by atoms with E-state index < -0.39 is 12.8 Å². The Morgan fingerprint density at radius 1 is 1.21 bits per heavy atom. The monoisotopic (exact) mass is 287 g/mol. The van der Waals surface area contributed by atoms with Crippen molar-refractivity contribution in [2.75, 3.05) is 6.61 Å². The third-order valence-electron chi connectivity index (χ3n) is 2.53. The third kappa shape index (κ3) is 3.48. The Balaban J connectivity index is 2.38. The summed E-state index contributed by atoms with van der Waals surface area (Å²) in [5.74, 6) is 0.207. The molecule has 0 fully saturated rings. The highest BCUT2D eigenvalue weighted by Gasteiger charge is 2.29. The molecule has 1 heterocycles. The Morgan fingerprint density at radius 3 is 2.58 bits per heavy atom. The molecule has 1 aromatic heterocycles. The zero-order valence-corrected chi connectivity index (χ0v) is 10.7. The average molecular weight is 287 g/mol. The normalized spacial score (nSPS) is 11.6. The molecule has 0 aliphatic rings. The average Bonchev–Trinajstić information content (AvgIpc) is 2.88. The van der Waals surface area contributed by atoms with Crippen LogP contribution in [0.4, 0.5) is 13.2 Å². The van der Waals surface area contributed by atoms with Crippen molar-refractivity contribution in [3.05, 3.63) is 40.6 Å². The molecule has 19 heavy (non-hydrogen) atoms. The van der Waals surface area contributed by atoms with Crippen molar-refractivity contribution < 1.29 is 17.9 Å². The SMILES string of the molecule is NCc1cccc(OCC(F)(F)F)c1-c1ccsc1. The van der Waals surface area contributed by atoms with Gasteiger partial charge in [0.25, 0.3) is 0 Å². The minimum atomic E-state index is -4.36. The first-order valence-electron chi connectivity index (χ1n) is 5.55. The van der Waals surface area contributed by atoms with Crippen LogP contribution in [0, 0.1) is 0 Å². The number of alkyl halides is 3. The highest BCUT2D eigenvalue weighted by atomic mass is 32.1. The predicted octanol–water partition coefficient (Wildman–Crippen LogP) is 3.81. The third-order valence-corrected chi connectivity index (χ3v) is 3.22. The van der Waals surface area contributed by atoms with Gasteiger partial charge in [-0.05, 0) is 34.0 Å². The van der Waals surface area contributed by atoms with Crippen LogP contribution in [0.25, 0.3) is 11.1 Å². The van der Waals surface area contributed by atoms with Gasteiger partial charge in [0, 0.05) is 12.1 Å². The van der Waals surface area contributed by atoms with Gasteiger partial charge in [0.05, 0.1) is 0 Å². The van der Waals surface area contributed by atoms with Crippen molar-refractivity contribution in [3.8, 4) is 16.9 Å². The number of thiophene rings is 1. The molecule has 0 bridgehead atoms. The molecule has 0 spiro atoms. The maximum atomic E-state index is 12.3. The molecule has 2 nitrogen and oxygen atoms in total. The lowest BCUT2D eigenvalue weighted by molar-refractivity contribution is -0.153. The number of rotatable bonds is 4. The molecule has 0 radical (unpaired) electrons. The van der Waals surface area contributed by atoms with Gasteiger partial charge < -0.3 is 10.5 Å². The zero-order valence-electron chi connectivity index (χ0n) is 9.91. The van der Waals surface area contributed by atoms with Crippen molar-refractivity contribution in [2.24, 2.45) is 5.73 Å². The van der Waals surface area contributed by atoms with E-state index in [1.807, 2.05) is 16.8 Å². The van der Waals surface area contributed by atoms with Crippen molar-refractivity contribution in [1.82, 2.24) is 0 Å². The van der Waals surface area contributed by atoms with E-state index >= 15 is 0 Å². The number of benzene rings is 1. The second-order valence-corrected chi connectivity index (χ2v) is 4.69. The number of halogens is 3. The van der Waals surface area contributed by atoms with Gasteiger partial charge in [-0.15, -0.1) is 0 Å². The van der Waals surface area contributed by atoms with E-state index in [4.69, 9.17) is 10.5 Å². The summed E-state index contributed by atoms with van der Waals surface area (Å²) in [6, 6.07) is 6.79. The molecular weight excluding hydrogens is 275 g/mol. The summed E-state index contributed by atoms with van der Waals surface area (Å²) in [5.41, 5.74) is 7.85. The van der Waals surface area contributed by atoms with Crippen molar-refractivity contribution in [1.29, 1.82) is 0 Å². The molecule has 0 aliphatic carbocycles. The molecule has 0 aliphatic heterocycles. The van der Waals surface area contributed by atoms with Gasteiger partial charge in [-0.3, -0.25) is 0 Å². The summed E-state index contributed by atoms with van der Waals surface area (Å²) < 4.78 is 41.6. The number of nitrogens with two attached hydrogens (primary N) is 1. The smallest absolute Gasteiger partial charge is 0.422 e. The molecule has 0 amide bonds. The predicted molar refractivity (Wildman–Crippen MR) is 69.2 cm³/mol. The minimum absolute atomic E-state index is 0.207. The minimum Gasteiger partial charge on any atom is -0.483 e. The molecule has 2 aromatic rings. The lowest BCUT2D eigenvalue weighted by Crippen LogP contribution is -2.19. The summed E-state index contributed by atoms with van der Waals surface area (Å²) in [4.78, 5) is 0. The molecule has 2 rings (SSSR count). The van der Waals surface area contributed by atoms with Crippen molar-refractivity contribution in [3.63, 3.8) is 0 Å². The van der Waals surface area contributed by atoms with E-state index in [-0.39, 0.29) is 12.3 Å². The van der Waals surface area contributed by atoms with Crippen LogP contribution in [-0.4, -0.2) is 12.8 Å². The van der Waals surface area contributed by atoms with E-state index in [0.29, 0.717) is 5.56 Å². The van der Waals surface area contributed by atoms with Crippen LogP contribution >= 0.6 is 11.3 Å². The molecule has 1 aromatic carbocycles. The highest BCUT2D eigenvalue weighted by molar-refractivity contribution is 7.08. The van der Waals surface area contributed by atoms with Crippen LogP contribution in [0.3, 0.4) is 0 Å². The highest BCUT2D eigenvalue weighted by Crippen LogP contribution is 2.35. The summed E-state index contributed by atoms with van der Waals surface area (Å²) in [5, 5.41) is 3.71. The Hall–Kier alpha value is -1.53.